The van der Waals surface area contributed by atoms with Gasteiger partial charge in [-0.25, -0.2) is 9.18 Å². The second kappa shape index (κ2) is 11.6. The molecule has 11 nitrogen and oxygen atoms in total. The smallest absolute Gasteiger partial charge is 0.349 e. The van der Waals surface area contributed by atoms with Crippen LogP contribution in [0.3, 0.4) is 0 Å². The molecule has 12 heteroatoms. The van der Waals surface area contributed by atoms with E-state index in [9.17, 15) is 14.7 Å². The number of alkyl halides is 1. The van der Waals surface area contributed by atoms with E-state index in [4.69, 9.17) is 20.7 Å². The lowest BCUT2D eigenvalue weighted by atomic mass is 9.87. The number of rotatable bonds is 11. The Kier molecular flexibility index (Phi) is 9.22. The van der Waals surface area contributed by atoms with Crippen LogP contribution in [0, 0.1) is 0 Å². The maximum Gasteiger partial charge on any atom is 0.349 e. The summed E-state index contributed by atoms with van der Waals surface area (Å²) in [4.78, 5) is 30.3. The van der Waals surface area contributed by atoms with E-state index in [2.05, 4.69) is 21.9 Å². The molecule has 1 fully saturated rings. The van der Waals surface area contributed by atoms with Gasteiger partial charge in [0.25, 0.3) is 0 Å². The van der Waals surface area contributed by atoms with Gasteiger partial charge in [-0.2, -0.15) is 4.98 Å². The Balaban J connectivity index is 2.06. The van der Waals surface area contributed by atoms with Crippen LogP contribution in [0.1, 0.15) is 51.5 Å². The van der Waals surface area contributed by atoms with E-state index >= 15 is 4.39 Å². The maximum atomic E-state index is 15.2. The van der Waals surface area contributed by atoms with E-state index in [0.717, 1.165) is 30.3 Å². The fraction of sp³-hybridized carbons (Fsp3) is 0.737. The van der Waals surface area contributed by atoms with E-state index in [-0.39, 0.29) is 18.8 Å². The molecular formula is C19H29FN6O5. The molecule has 1 saturated heterocycles. The van der Waals surface area contributed by atoms with E-state index in [1.54, 1.807) is 0 Å². The molecular weight excluding hydrogens is 411 g/mol. The van der Waals surface area contributed by atoms with Gasteiger partial charge in [0.1, 0.15) is 24.1 Å². The third-order valence-corrected chi connectivity index (χ3v) is 5.32. The minimum Gasteiger partial charge on any atom is -0.462 e. The molecule has 3 N–H and O–H groups in total. The van der Waals surface area contributed by atoms with Gasteiger partial charge in [0.15, 0.2) is 6.17 Å². The molecule has 172 valence electrons. The normalized spacial score (nSPS) is 25.6. The van der Waals surface area contributed by atoms with Crippen LogP contribution >= 0.6 is 0 Å². The number of esters is 1. The number of halogens is 1. The average Bonchev–Trinajstić information content (AvgIpc) is 2.75. The van der Waals surface area contributed by atoms with Crippen LogP contribution in [0.2, 0.25) is 0 Å². The molecule has 1 aliphatic heterocycles. The van der Waals surface area contributed by atoms with Gasteiger partial charge in [-0.3, -0.25) is 9.36 Å². The van der Waals surface area contributed by atoms with E-state index in [0.29, 0.717) is 6.42 Å². The summed E-state index contributed by atoms with van der Waals surface area (Å²) in [5, 5.41) is 14.0. The number of ether oxygens (including phenoxy) is 2. The summed E-state index contributed by atoms with van der Waals surface area (Å²) < 4.78 is 27.0. The number of azide groups is 1. The van der Waals surface area contributed by atoms with E-state index < -0.39 is 48.7 Å². The highest BCUT2D eigenvalue weighted by molar-refractivity contribution is 5.69. The van der Waals surface area contributed by atoms with Gasteiger partial charge in [-0.1, -0.05) is 37.7 Å². The number of unbranched alkanes of at least 4 members (excludes halogenated alkanes) is 4. The molecule has 0 radical (unpaired) electrons. The minimum atomic E-state index is -1.97. The second-order valence-electron chi connectivity index (χ2n) is 7.59. The number of aliphatic hydroxyl groups excluding tert-OH is 1. The van der Waals surface area contributed by atoms with Gasteiger partial charge >= 0.3 is 11.7 Å². The van der Waals surface area contributed by atoms with Gasteiger partial charge in [0.05, 0.1) is 19.2 Å². The molecule has 0 saturated carbocycles. The van der Waals surface area contributed by atoms with Gasteiger partial charge < -0.3 is 20.3 Å². The van der Waals surface area contributed by atoms with Crippen LogP contribution in [0.25, 0.3) is 10.4 Å². The van der Waals surface area contributed by atoms with Crippen LogP contribution in [0.4, 0.5) is 10.2 Å². The first-order valence-corrected chi connectivity index (χ1v) is 10.3. The highest BCUT2D eigenvalue weighted by Gasteiger charge is 2.52. The van der Waals surface area contributed by atoms with Crippen molar-refractivity contribution in [3.8, 4) is 0 Å². The third-order valence-electron chi connectivity index (χ3n) is 5.32. The van der Waals surface area contributed by atoms with Crippen molar-refractivity contribution in [3.05, 3.63) is 33.2 Å². The van der Waals surface area contributed by atoms with Crippen LogP contribution in [-0.2, 0) is 14.3 Å². The number of hydrogen-bond acceptors (Lipinski definition) is 8. The summed E-state index contributed by atoms with van der Waals surface area (Å²) >= 11 is 0. The third kappa shape index (κ3) is 6.39. The first-order chi connectivity index (χ1) is 14.8. The summed E-state index contributed by atoms with van der Waals surface area (Å²) in [6.45, 7) is 0.828. The molecule has 31 heavy (non-hydrogen) atoms. The number of nitrogens with two attached hydrogens (primary N) is 1. The lowest BCUT2D eigenvalue weighted by Crippen LogP contribution is -2.62. The highest BCUT2D eigenvalue weighted by Crippen LogP contribution is 2.34. The number of anilines is 1. The van der Waals surface area contributed by atoms with Crippen LogP contribution in [-0.4, -0.2) is 58.3 Å². The van der Waals surface area contributed by atoms with Gasteiger partial charge in [-0.15, -0.1) is 0 Å². The highest BCUT2D eigenvalue weighted by atomic mass is 19.1. The molecule has 1 aromatic heterocycles. The van der Waals surface area contributed by atoms with E-state index in [1.165, 1.54) is 12.3 Å². The number of nitrogen functional groups attached to an aromatic ring is 1. The van der Waals surface area contributed by atoms with Crippen molar-refractivity contribution in [1.29, 1.82) is 0 Å². The number of carbonyl (C=O) groups excluding carboxylic acids is 1. The lowest BCUT2D eigenvalue weighted by Gasteiger charge is -2.44. The van der Waals surface area contributed by atoms with Crippen molar-refractivity contribution in [1.82, 2.24) is 9.55 Å². The molecule has 1 aliphatic rings. The molecule has 0 aromatic carbocycles. The quantitative estimate of drug-likeness (QED) is 0.175. The van der Waals surface area contributed by atoms with Crippen molar-refractivity contribution in [2.75, 3.05) is 25.5 Å². The van der Waals surface area contributed by atoms with Gasteiger partial charge in [0.2, 0.25) is 0 Å². The zero-order valence-corrected chi connectivity index (χ0v) is 17.5. The predicted octanol–water partition coefficient (Wildman–Crippen LogP) is 2.05. The van der Waals surface area contributed by atoms with Crippen molar-refractivity contribution in [3.63, 3.8) is 0 Å². The molecule has 2 rings (SSSR count). The number of aliphatic hydroxyl groups is 1. The molecule has 0 spiro atoms. The number of aromatic nitrogens is 2. The molecule has 0 unspecified atom stereocenters. The Morgan fingerprint density at radius 1 is 1.52 bits per heavy atom. The SMILES string of the molecule is CCCCCCCC(=O)OC[C@@]1(CN=[N+]=[N-])OC[C@@H](n2ccc(N)nc2=O)[C@H](F)[C@@H]1O. The second-order valence-corrected chi connectivity index (χ2v) is 7.59. The molecule has 2 heterocycles. The Morgan fingerprint density at radius 2 is 2.26 bits per heavy atom. The molecule has 4 atom stereocenters. The zero-order chi connectivity index (χ0) is 22.9. The fourth-order valence-corrected chi connectivity index (χ4v) is 3.45. The summed E-state index contributed by atoms with van der Waals surface area (Å²) in [7, 11) is 0. The Morgan fingerprint density at radius 3 is 2.94 bits per heavy atom. The number of hydrogen-bond donors (Lipinski definition) is 2. The average molecular weight is 440 g/mol. The van der Waals surface area contributed by atoms with Crippen LogP contribution in [0.5, 0.6) is 0 Å². The van der Waals surface area contributed by atoms with Crippen LogP contribution in [0.15, 0.2) is 22.2 Å². The minimum absolute atomic E-state index is 0.0201. The fourth-order valence-electron chi connectivity index (χ4n) is 3.45. The van der Waals surface area contributed by atoms with Crippen molar-refractivity contribution >= 4 is 11.8 Å². The van der Waals surface area contributed by atoms with Crippen molar-refractivity contribution < 1.29 is 23.8 Å². The molecule has 0 bridgehead atoms. The Labute approximate surface area is 179 Å². The number of carbonyl (C=O) groups is 1. The maximum absolute atomic E-state index is 15.2. The van der Waals surface area contributed by atoms with Crippen molar-refractivity contribution in [2.24, 2.45) is 5.11 Å². The summed E-state index contributed by atoms with van der Waals surface area (Å²) in [6, 6.07) is 0.147. The first kappa shape index (κ1) is 24.6. The van der Waals surface area contributed by atoms with Gasteiger partial charge in [0, 0.05) is 17.5 Å². The molecule has 1 aromatic rings. The van der Waals surface area contributed by atoms with Gasteiger partial charge in [-0.05, 0) is 18.0 Å². The zero-order valence-electron chi connectivity index (χ0n) is 17.5. The predicted molar refractivity (Wildman–Crippen MR) is 110 cm³/mol. The van der Waals surface area contributed by atoms with Crippen molar-refractivity contribution in [2.45, 2.75) is 69.4 Å². The largest absolute Gasteiger partial charge is 0.462 e. The van der Waals surface area contributed by atoms with Crippen LogP contribution < -0.4 is 11.4 Å². The standard InChI is InChI=1S/C19H29FN6O5/c1-2-3-4-5-6-7-15(27)30-12-19(11-23-25-22)17(28)16(20)13(10-31-19)26-9-8-14(21)24-18(26)29/h8-9,13,16-17,28H,2-7,10-12H2,1H3,(H2,21,24,29)/t13-,16+,17+,19-/m1/s1. The lowest BCUT2D eigenvalue weighted by molar-refractivity contribution is -0.216. The summed E-state index contributed by atoms with van der Waals surface area (Å²) in [6.07, 6.45) is 2.41. The Hall–Kier alpha value is -2.69. The first-order valence-electron chi connectivity index (χ1n) is 10.3. The topological polar surface area (TPSA) is 165 Å². The monoisotopic (exact) mass is 440 g/mol. The summed E-state index contributed by atoms with van der Waals surface area (Å²) in [5.74, 6) is -0.530. The van der Waals surface area contributed by atoms with E-state index in [1.807, 2.05) is 0 Å². The number of nitrogens with zero attached hydrogens (tertiary/aromatic N) is 5. The molecule has 0 aliphatic carbocycles. The Bertz CT molecular complexity index is 845. The molecule has 0 amide bonds. The summed E-state index contributed by atoms with van der Waals surface area (Å²) in [5.41, 5.74) is 11.6.